The van der Waals surface area contributed by atoms with Crippen molar-refractivity contribution in [2.24, 2.45) is 0 Å². The van der Waals surface area contributed by atoms with Gasteiger partial charge in [-0.2, -0.15) is 0 Å². The maximum atomic E-state index is 10.1. The zero-order chi connectivity index (χ0) is 35.4. The van der Waals surface area contributed by atoms with Crippen molar-refractivity contribution >= 4 is 24.3 Å². The Hall–Kier alpha value is -4.60. The SMILES string of the molecule is CN(C)Cc1ccc(/C=C/c2ccc(CN(C)C)c(O)c2)cc1O.CN(C)Cc1ccc(/C=C\c2ccc(CN(C)C)c(O)c2)cc1O. The van der Waals surface area contributed by atoms with Gasteiger partial charge < -0.3 is 40.0 Å². The molecule has 0 saturated heterocycles. The summed E-state index contributed by atoms with van der Waals surface area (Å²) in [6.07, 6.45) is 7.72. The van der Waals surface area contributed by atoms with Gasteiger partial charge in [-0.15, -0.1) is 0 Å². The molecule has 0 fully saturated rings. The van der Waals surface area contributed by atoms with Crippen molar-refractivity contribution < 1.29 is 20.4 Å². The van der Waals surface area contributed by atoms with Gasteiger partial charge in [-0.1, -0.05) is 72.8 Å². The van der Waals surface area contributed by atoms with E-state index in [1.165, 1.54) is 0 Å². The molecule has 0 aliphatic heterocycles. The molecule has 0 bridgehead atoms. The number of aromatic hydroxyl groups is 4. The number of hydrogen-bond donors (Lipinski definition) is 4. The molecule has 8 heteroatoms. The molecule has 48 heavy (non-hydrogen) atoms. The van der Waals surface area contributed by atoms with E-state index in [-0.39, 0.29) is 0 Å². The van der Waals surface area contributed by atoms with Gasteiger partial charge in [0, 0.05) is 48.4 Å². The highest BCUT2D eigenvalue weighted by Crippen LogP contribution is 2.25. The molecule has 0 unspecified atom stereocenters. The molecule has 0 saturated carbocycles. The fourth-order valence-corrected chi connectivity index (χ4v) is 5.02. The van der Waals surface area contributed by atoms with E-state index in [1.807, 2.05) is 149 Å². The molecule has 0 spiro atoms. The minimum atomic E-state index is 0.301. The zero-order valence-electron chi connectivity index (χ0n) is 29.6. The summed E-state index contributed by atoms with van der Waals surface area (Å²) in [7, 11) is 15.8. The third-order valence-electron chi connectivity index (χ3n) is 7.32. The molecular formula is C40H52N4O4. The summed E-state index contributed by atoms with van der Waals surface area (Å²) >= 11 is 0. The Balaban J connectivity index is 0.000000260. The molecule has 4 aromatic rings. The summed E-state index contributed by atoms with van der Waals surface area (Å²) in [5.41, 5.74) is 7.31. The topological polar surface area (TPSA) is 93.9 Å². The van der Waals surface area contributed by atoms with Crippen LogP contribution >= 0.6 is 0 Å². The van der Waals surface area contributed by atoms with Crippen molar-refractivity contribution in [2.45, 2.75) is 26.2 Å². The first-order valence-electron chi connectivity index (χ1n) is 15.9. The van der Waals surface area contributed by atoms with Crippen LogP contribution in [-0.2, 0) is 26.2 Å². The van der Waals surface area contributed by atoms with Gasteiger partial charge in [0.2, 0.25) is 0 Å². The van der Waals surface area contributed by atoms with E-state index in [1.54, 1.807) is 24.3 Å². The monoisotopic (exact) mass is 652 g/mol. The van der Waals surface area contributed by atoms with Crippen molar-refractivity contribution in [2.75, 3.05) is 56.4 Å². The molecule has 0 atom stereocenters. The first-order chi connectivity index (χ1) is 22.7. The van der Waals surface area contributed by atoms with Gasteiger partial charge in [0.15, 0.2) is 0 Å². The highest BCUT2D eigenvalue weighted by molar-refractivity contribution is 5.72. The number of phenolic OH excluding ortho intramolecular Hbond substituents is 4. The summed E-state index contributed by atoms with van der Waals surface area (Å²) < 4.78 is 0. The smallest absolute Gasteiger partial charge is 0.120 e. The highest BCUT2D eigenvalue weighted by Gasteiger charge is 2.06. The highest BCUT2D eigenvalue weighted by atomic mass is 16.3. The van der Waals surface area contributed by atoms with Crippen molar-refractivity contribution in [3.8, 4) is 23.0 Å². The predicted octanol–water partition coefficient (Wildman–Crippen LogP) is 6.78. The first-order valence-corrected chi connectivity index (χ1v) is 15.9. The zero-order valence-corrected chi connectivity index (χ0v) is 29.6. The Morgan fingerprint density at radius 3 is 0.688 bits per heavy atom. The minimum absolute atomic E-state index is 0.301. The molecule has 0 aliphatic carbocycles. The minimum Gasteiger partial charge on any atom is -0.508 e. The molecular weight excluding hydrogens is 600 g/mol. The summed E-state index contributed by atoms with van der Waals surface area (Å²) in [5.74, 6) is 1.20. The summed E-state index contributed by atoms with van der Waals surface area (Å²) in [6.45, 7) is 2.82. The Morgan fingerprint density at radius 2 is 0.542 bits per heavy atom. The van der Waals surface area contributed by atoms with E-state index < -0.39 is 0 Å². The third-order valence-corrected chi connectivity index (χ3v) is 7.32. The normalized spacial score (nSPS) is 11.8. The second-order valence-corrected chi connectivity index (χ2v) is 13.2. The van der Waals surface area contributed by atoms with Crippen molar-refractivity contribution in [1.29, 1.82) is 0 Å². The Kier molecular flexibility index (Phi) is 14.3. The van der Waals surface area contributed by atoms with Crippen LogP contribution in [0.3, 0.4) is 0 Å². The van der Waals surface area contributed by atoms with E-state index in [9.17, 15) is 20.4 Å². The molecule has 4 N–H and O–H groups in total. The summed E-state index contributed by atoms with van der Waals surface area (Å²) in [5, 5.41) is 40.4. The quantitative estimate of drug-likeness (QED) is 0.125. The van der Waals surface area contributed by atoms with E-state index in [0.29, 0.717) is 49.2 Å². The van der Waals surface area contributed by atoms with Crippen molar-refractivity contribution in [3.05, 3.63) is 117 Å². The van der Waals surface area contributed by atoms with Crippen LogP contribution in [0.1, 0.15) is 44.5 Å². The van der Waals surface area contributed by atoms with E-state index >= 15 is 0 Å². The van der Waals surface area contributed by atoms with Gasteiger partial charge in [0.1, 0.15) is 23.0 Å². The molecule has 0 radical (unpaired) electrons. The van der Waals surface area contributed by atoms with Gasteiger partial charge in [-0.05, 0) is 103 Å². The lowest BCUT2D eigenvalue weighted by Crippen LogP contribution is -2.10. The van der Waals surface area contributed by atoms with Crippen LogP contribution in [0.4, 0.5) is 0 Å². The fourth-order valence-electron chi connectivity index (χ4n) is 5.02. The molecule has 4 rings (SSSR count). The van der Waals surface area contributed by atoms with Crippen LogP contribution in [0.5, 0.6) is 23.0 Å². The average molecular weight is 653 g/mol. The number of rotatable bonds is 12. The standard InChI is InChI=1S/2C20H26N2O2/c2*1-21(2)13-17-9-7-15(11-19(17)23)5-6-16-8-10-18(14-22(3)4)20(24)12-16/h2*5-12,23-24H,13-14H2,1-4H3/b6-5+;6-5-. The summed E-state index contributed by atoms with van der Waals surface area (Å²) in [4.78, 5) is 8.07. The Labute approximate surface area is 286 Å². The van der Waals surface area contributed by atoms with Crippen LogP contribution in [0.15, 0.2) is 72.8 Å². The lowest BCUT2D eigenvalue weighted by molar-refractivity contribution is 0.386. The maximum absolute atomic E-state index is 10.1. The second-order valence-electron chi connectivity index (χ2n) is 13.2. The number of hydrogen-bond acceptors (Lipinski definition) is 8. The van der Waals surface area contributed by atoms with E-state index in [0.717, 1.165) is 44.5 Å². The number of nitrogens with zero attached hydrogens (tertiary/aromatic N) is 4. The van der Waals surface area contributed by atoms with Crippen LogP contribution in [-0.4, -0.2) is 96.4 Å². The molecule has 0 aliphatic rings. The molecule has 8 nitrogen and oxygen atoms in total. The van der Waals surface area contributed by atoms with Gasteiger partial charge in [0.05, 0.1) is 0 Å². The second kappa shape index (κ2) is 18.1. The van der Waals surface area contributed by atoms with Crippen LogP contribution in [0.2, 0.25) is 0 Å². The number of phenols is 4. The number of benzene rings is 4. The lowest BCUT2D eigenvalue weighted by atomic mass is 10.1. The predicted molar refractivity (Wildman–Crippen MR) is 200 cm³/mol. The average Bonchev–Trinajstić information content (AvgIpc) is 2.99. The Bertz CT molecular complexity index is 1450. The molecule has 0 heterocycles. The first kappa shape index (κ1) is 37.9. The van der Waals surface area contributed by atoms with E-state index in [4.69, 9.17) is 0 Å². The van der Waals surface area contributed by atoms with Crippen molar-refractivity contribution in [3.63, 3.8) is 0 Å². The maximum Gasteiger partial charge on any atom is 0.120 e. The van der Waals surface area contributed by atoms with Crippen LogP contribution < -0.4 is 0 Å². The van der Waals surface area contributed by atoms with Crippen LogP contribution in [0.25, 0.3) is 24.3 Å². The molecule has 256 valence electrons. The lowest BCUT2D eigenvalue weighted by Gasteiger charge is -2.12. The van der Waals surface area contributed by atoms with Crippen LogP contribution in [0, 0.1) is 0 Å². The van der Waals surface area contributed by atoms with Gasteiger partial charge in [-0.25, -0.2) is 0 Å². The summed E-state index contributed by atoms with van der Waals surface area (Å²) in [6, 6.07) is 22.7. The molecule has 4 aromatic carbocycles. The van der Waals surface area contributed by atoms with Gasteiger partial charge in [0.25, 0.3) is 0 Å². The fraction of sp³-hybridized carbons (Fsp3) is 0.300. The third kappa shape index (κ3) is 12.5. The molecule has 0 aromatic heterocycles. The molecule has 0 amide bonds. The van der Waals surface area contributed by atoms with Crippen molar-refractivity contribution in [1.82, 2.24) is 19.6 Å². The van der Waals surface area contributed by atoms with E-state index in [2.05, 4.69) is 0 Å². The Morgan fingerprint density at radius 1 is 0.354 bits per heavy atom. The largest absolute Gasteiger partial charge is 0.508 e. The van der Waals surface area contributed by atoms with Gasteiger partial charge in [-0.3, -0.25) is 0 Å². The van der Waals surface area contributed by atoms with Gasteiger partial charge >= 0.3 is 0 Å².